The van der Waals surface area contributed by atoms with Crippen molar-refractivity contribution in [1.29, 1.82) is 0 Å². The van der Waals surface area contributed by atoms with Gasteiger partial charge in [-0.3, -0.25) is 4.79 Å². The highest BCUT2D eigenvalue weighted by Crippen LogP contribution is 2.28. The third-order valence-corrected chi connectivity index (χ3v) is 4.68. The quantitative estimate of drug-likeness (QED) is 0.840. The minimum absolute atomic E-state index is 0.0790. The molecule has 8 heteroatoms. The standard InChI is InChI=1S/C16H19N3O5/c20-14(18-7-9-23-12-5-2-1-4-11(12)18)10-19-16(21)24-15(17-19)13-6-3-8-22-13/h3,6,8,11-12H,1-2,4-5,7,9-10H2/t11-,12-/m0/s1. The molecule has 24 heavy (non-hydrogen) atoms. The van der Waals surface area contributed by atoms with Gasteiger partial charge in [-0.15, -0.1) is 5.10 Å². The molecule has 0 aromatic carbocycles. The zero-order chi connectivity index (χ0) is 16.5. The highest BCUT2D eigenvalue weighted by Gasteiger charge is 2.36. The van der Waals surface area contributed by atoms with Gasteiger partial charge in [0.25, 0.3) is 5.89 Å². The third kappa shape index (κ3) is 2.77. The molecule has 2 aliphatic rings. The second kappa shape index (κ2) is 6.27. The van der Waals surface area contributed by atoms with E-state index in [0.717, 1.165) is 30.4 Å². The predicted molar refractivity (Wildman–Crippen MR) is 82.2 cm³/mol. The van der Waals surface area contributed by atoms with Gasteiger partial charge in [0, 0.05) is 6.54 Å². The van der Waals surface area contributed by atoms with Crippen LogP contribution in [0.1, 0.15) is 25.7 Å². The topological polar surface area (TPSA) is 90.7 Å². The lowest BCUT2D eigenvalue weighted by Gasteiger charge is -2.43. The molecule has 2 aromatic rings. The average molecular weight is 333 g/mol. The van der Waals surface area contributed by atoms with Crippen LogP contribution in [0.25, 0.3) is 11.7 Å². The summed E-state index contributed by atoms with van der Waals surface area (Å²) in [5.41, 5.74) is 0. The van der Waals surface area contributed by atoms with E-state index in [4.69, 9.17) is 13.6 Å². The Morgan fingerprint density at radius 1 is 1.33 bits per heavy atom. The average Bonchev–Trinajstić information content (AvgIpc) is 3.25. The van der Waals surface area contributed by atoms with Gasteiger partial charge >= 0.3 is 5.76 Å². The van der Waals surface area contributed by atoms with Gasteiger partial charge in [0.05, 0.1) is 25.0 Å². The van der Waals surface area contributed by atoms with E-state index >= 15 is 0 Å². The molecule has 1 saturated carbocycles. The molecule has 3 heterocycles. The van der Waals surface area contributed by atoms with Gasteiger partial charge in [-0.2, -0.15) is 4.68 Å². The molecule has 4 rings (SSSR count). The van der Waals surface area contributed by atoms with E-state index < -0.39 is 5.76 Å². The van der Waals surface area contributed by atoms with E-state index in [2.05, 4.69) is 5.10 Å². The minimum Gasteiger partial charge on any atom is -0.459 e. The summed E-state index contributed by atoms with van der Waals surface area (Å²) in [5.74, 6) is -0.355. The van der Waals surface area contributed by atoms with Gasteiger partial charge in [0.2, 0.25) is 5.91 Å². The van der Waals surface area contributed by atoms with Crippen molar-refractivity contribution in [3.63, 3.8) is 0 Å². The van der Waals surface area contributed by atoms with E-state index in [9.17, 15) is 9.59 Å². The first-order valence-electron chi connectivity index (χ1n) is 8.25. The first kappa shape index (κ1) is 15.2. The molecule has 1 aliphatic carbocycles. The van der Waals surface area contributed by atoms with Crippen molar-refractivity contribution in [1.82, 2.24) is 14.7 Å². The summed E-state index contributed by atoms with van der Waals surface area (Å²) in [6, 6.07) is 3.43. The molecule has 1 amide bonds. The monoisotopic (exact) mass is 333 g/mol. The zero-order valence-electron chi connectivity index (χ0n) is 13.2. The molecule has 2 aromatic heterocycles. The van der Waals surface area contributed by atoms with Crippen LogP contribution < -0.4 is 5.76 Å². The number of nitrogens with zero attached hydrogens (tertiary/aromatic N) is 3. The first-order valence-corrected chi connectivity index (χ1v) is 8.25. The number of fused-ring (bicyclic) bond motifs is 1. The third-order valence-electron chi connectivity index (χ3n) is 4.68. The molecule has 2 atom stereocenters. The molecule has 0 unspecified atom stereocenters. The molecule has 0 N–H and O–H groups in total. The highest BCUT2D eigenvalue weighted by atomic mass is 16.5. The van der Waals surface area contributed by atoms with E-state index in [0.29, 0.717) is 18.9 Å². The lowest BCUT2D eigenvalue weighted by atomic mass is 9.90. The number of aromatic nitrogens is 2. The summed E-state index contributed by atoms with van der Waals surface area (Å²) in [6.07, 6.45) is 5.75. The summed E-state index contributed by atoms with van der Waals surface area (Å²) in [5, 5.41) is 4.06. The number of ether oxygens (including phenoxy) is 1. The Labute approximate surface area is 138 Å². The van der Waals surface area contributed by atoms with Crippen LogP contribution in [0, 0.1) is 0 Å². The number of furan rings is 1. The Balaban J connectivity index is 1.50. The lowest BCUT2D eigenvalue weighted by molar-refractivity contribution is -0.150. The minimum atomic E-state index is -0.664. The number of hydrogen-bond donors (Lipinski definition) is 0. The van der Waals surface area contributed by atoms with Crippen molar-refractivity contribution in [3.8, 4) is 11.7 Å². The maximum absolute atomic E-state index is 12.7. The molecule has 1 saturated heterocycles. The fourth-order valence-electron chi connectivity index (χ4n) is 3.53. The Bertz CT molecular complexity index is 761. The molecule has 1 aliphatic heterocycles. The summed E-state index contributed by atoms with van der Waals surface area (Å²) in [4.78, 5) is 26.4. The molecule has 2 fully saturated rings. The maximum atomic E-state index is 12.7. The summed E-state index contributed by atoms with van der Waals surface area (Å²) in [7, 11) is 0. The normalized spacial score (nSPS) is 23.9. The van der Waals surface area contributed by atoms with Crippen LogP contribution in [-0.4, -0.2) is 45.9 Å². The second-order valence-corrected chi connectivity index (χ2v) is 6.16. The van der Waals surface area contributed by atoms with Crippen molar-refractivity contribution >= 4 is 5.91 Å². The molecule has 0 radical (unpaired) electrons. The summed E-state index contributed by atoms with van der Waals surface area (Å²) in [6.45, 7) is 0.960. The lowest BCUT2D eigenvalue weighted by Crippen LogP contribution is -2.55. The van der Waals surface area contributed by atoms with Crippen molar-refractivity contribution in [3.05, 3.63) is 28.9 Å². The second-order valence-electron chi connectivity index (χ2n) is 6.16. The zero-order valence-corrected chi connectivity index (χ0v) is 13.2. The summed E-state index contributed by atoms with van der Waals surface area (Å²) < 4.78 is 17.0. The van der Waals surface area contributed by atoms with E-state index in [-0.39, 0.29) is 30.5 Å². The Kier molecular flexibility index (Phi) is 3.97. The van der Waals surface area contributed by atoms with Crippen LogP contribution in [-0.2, 0) is 16.1 Å². The molecule has 8 nitrogen and oxygen atoms in total. The van der Waals surface area contributed by atoms with E-state index in [1.807, 2.05) is 4.90 Å². The number of hydrogen-bond acceptors (Lipinski definition) is 6. The molecule has 0 spiro atoms. The van der Waals surface area contributed by atoms with E-state index in [1.165, 1.54) is 6.26 Å². The van der Waals surface area contributed by atoms with Crippen molar-refractivity contribution in [2.45, 2.75) is 44.4 Å². The Morgan fingerprint density at radius 3 is 3.04 bits per heavy atom. The number of rotatable bonds is 3. The smallest absolute Gasteiger partial charge is 0.437 e. The van der Waals surface area contributed by atoms with Gasteiger partial charge in [-0.05, 0) is 25.0 Å². The van der Waals surface area contributed by atoms with E-state index in [1.54, 1.807) is 12.1 Å². The fourth-order valence-corrected chi connectivity index (χ4v) is 3.53. The van der Waals surface area contributed by atoms with Crippen LogP contribution in [0.5, 0.6) is 0 Å². The number of morpholine rings is 1. The van der Waals surface area contributed by atoms with Crippen molar-refractivity contribution < 1.29 is 18.4 Å². The van der Waals surface area contributed by atoms with Gasteiger partial charge in [0.15, 0.2) is 5.76 Å². The largest absolute Gasteiger partial charge is 0.459 e. The molecular formula is C16H19N3O5. The summed E-state index contributed by atoms with van der Waals surface area (Å²) >= 11 is 0. The van der Waals surface area contributed by atoms with Crippen LogP contribution >= 0.6 is 0 Å². The van der Waals surface area contributed by atoms with Crippen LogP contribution in [0.4, 0.5) is 0 Å². The number of carbonyl (C=O) groups excluding carboxylic acids is 1. The van der Waals surface area contributed by atoms with Crippen molar-refractivity contribution in [2.24, 2.45) is 0 Å². The van der Waals surface area contributed by atoms with Gasteiger partial charge in [0.1, 0.15) is 6.54 Å². The van der Waals surface area contributed by atoms with Crippen molar-refractivity contribution in [2.75, 3.05) is 13.2 Å². The predicted octanol–water partition coefficient (Wildman–Crippen LogP) is 1.27. The molecule has 0 bridgehead atoms. The maximum Gasteiger partial charge on any atom is 0.437 e. The Morgan fingerprint density at radius 2 is 2.21 bits per heavy atom. The number of carbonyl (C=O) groups is 1. The molecular weight excluding hydrogens is 314 g/mol. The SMILES string of the molecule is O=C(Cn1nc(-c2ccco2)oc1=O)N1CCO[C@H]2CCCC[C@@H]21. The highest BCUT2D eigenvalue weighted by molar-refractivity contribution is 5.76. The van der Waals surface area contributed by atoms with Gasteiger partial charge < -0.3 is 18.5 Å². The number of amides is 1. The first-order chi connectivity index (χ1) is 11.7. The Hall–Kier alpha value is -2.35. The van der Waals surface area contributed by atoms with Crippen LogP contribution in [0.2, 0.25) is 0 Å². The molecule has 128 valence electrons. The van der Waals surface area contributed by atoms with Gasteiger partial charge in [-0.25, -0.2) is 4.79 Å². The van der Waals surface area contributed by atoms with Crippen LogP contribution in [0.3, 0.4) is 0 Å². The fraction of sp³-hybridized carbons (Fsp3) is 0.562. The van der Waals surface area contributed by atoms with Gasteiger partial charge in [-0.1, -0.05) is 12.8 Å². The van der Waals surface area contributed by atoms with Crippen LogP contribution in [0.15, 0.2) is 32.0 Å².